The monoisotopic (exact) mass is 575 g/mol. The van der Waals surface area contributed by atoms with Crippen LogP contribution in [0.5, 0.6) is 17.2 Å². The molecule has 0 aliphatic heterocycles. The second-order valence-corrected chi connectivity index (χ2v) is 9.08. The SMILES string of the molecule is C#CCOc1c(Br)cc(/C=N/NC(=O)c2ccc(COc3ccc(-n4c(C)ccc4C)cc3)o2)cc1OC. The summed E-state index contributed by atoms with van der Waals surface area (Å²) >= 11 is 3.43. The molecule has 0 saturated heterocycles. The number of nitrogens with zero attached hydrogens (tertiary/aromatic N) is 2. The summed E-state index contributed by atoms with van der Waals surface area (Å²) in [5.74, 6) is 4.20. The number of hydrazone groups is 1. The summed E-state index contributed by atoms with van der Waals surface area (Å²) in [6, 6.07) is 18.7. The van der Waals surface area contributed by atoms with Crippen molar-refractivity contribution in [2.45, 2.75) is 20.5 Å². The molecule has 0 atom stereocenters. The minimum absolute atomic E-state index is 0.106. The first kappa shape index (κ1) is 26.6. The number of amides is 1. The van der Waals surface area contributed by atoms with E-state index in [1.54, 1.807) is 24.3 Å². The van der Waals surface area contributed by atoms with E-state index < -0.39 is 5.91 Å². The van der Waals surface area contributed by atoms with E-state index in [-0.39, 0.29) is 19.0 Å². The number of hydrogen-bond donors (Lipinski definition) is 1. The Bertz CT molecular complexity index is 1480. The molecule has 0 aliphatic carbocycles. The third kappa shape index (κ3) is 6.28. The number of aromatic nitrogens is 1. The highest BCUT2D eigenvalue weighted by Crippen LogP contribution is 2.36. The number of terminal acetylenes is 1. The number of carbonyl (C=O) groups excluding carboxylic acids is 1. The number of furan rings is 1. The van der Waals surface area contributed by atoms with E-state index in [9.17, 15) is 4.79 Å². The molecule has 194 valence electrons. The second kappa shape index (κ2) is 12.2. The Kier molecular flexibility index (Phi) is 8.56. The van der Waals surface area contributed by atoms with Crippen LogP contribution in [0.4, 0.5) is 0 Å². The summed E-state index contributed by atoms with van der Waals surface area (Å²) in [5, 5.41) is 4.00. The molecular formula is C29H26BrN3O5. The van der Waals surface area contributed by atoms with Crippen LogP contribution in [0.3, 0.4) is 0 Å². The zero-order chi connectivity index (χ0) is 27.1. The van der Waals surface area contributed by atoms with Gasteiger partial charge in [-0.2, -0.15) is 5.10 Å². The zero-order valence-electron chi connectivity index (χ0n) is 21.2. The molecule has 2 heterocycles. The lowest BCUT2D eigenvalue weighted by Gasteiger charge is -2.11. The zero-order valence-corrected chi connectivity index (χ0v) is 22.7. The standard InChI is InChI=1S/C29H26BrN3O5/c1-5-14-36-28-25(30)15-21(16-27(28)35-4)17-31-32-29(34)26-13-12-24(38-26)18-37-23-10-8-22(9-11-23)33-19(2)6-7-20(33)3/h1,6-13,15-17H,14,18H2,2-4H3,(H,32,34)/b31-17+. The van der Waals surface area contributed by atoms with Gasteiger partial charge >= 0.3 is 5.91 Å². The second-order valence-electron chi connectivity index (χ2n) is 8.23. The molecule has 4 aromatic rings. The van der Waals surface area contributed by atoms with E-state index in [1.165, 1.54) is 13.3 Å². The molecule has 9 heteroatoms. The number of nitrogens with one attached hydrogen (secondary N) is 1. The lowest BCUT2D eigenvalue weighted by molar-refractivity contribution is 0.0923. The number of ether oxygens (including phenoxy) is 3. The van der Waals surface area contributed by atoms with Gasteiger partial charge in [0, 0.05) is 17.1 Å². The summed E-state index contributed by atoms with van der Waals surface area (Å²) in [5.41, 5.74) is 6.51. The number of aryl methyl sites for hydroxylation is 2. The average molecular weight is 576 g/mol. The van der Waals surface area contributed by atoms with Crippen molar-refractivity contribution in [3.05, 3.63) is 93.6 Å². The molecule has 0 saturated carbocycles. The number of rotatable bonds is 10. The van der Waals surface area contributed by atoms with E-state index in [2.05, 4.69) is 62.9 Å². The first-order chi connectivity index (χ1) is 18.4. The first-order valence-corrected chi connectivity index (χ1v) is 12.4. The van der Waals surface area contributed by atoms with Crippen molar-refractivity contribution in [1.29, 1.82) is 0 Å². The molecule has 2 aromatic heterocycles. The Labute approximate surface area is 229 Å². The van der Waals surface area contributed by atoms with Crippen molar-refractivity contribution in [2.75, 3.05) is 13.7 Å². The van der Waals surface area contributed by atoms with Gasteiger partial charge in [-0.15, -0.1) is 6.42 Å². The van der Waals surface area contributed by atoms with E-state index in [4.69, 9.17) is 25.1 Å². The van der Waals surface area contributed by atoms with E-state index in [1.807, 2.05) is 24.3 Å². The maximum atomic E-state index is 12.5. The molecule has 0 aliphatic rings. The summed E-state index contributed by atoms with van der Waals surface area (Å²) in [6.07, 6.45) is 6.73. The smallest absolute Gasteiger partial charge is 0.307 e. The largest absolute Gasteiger partial charge is 0.493 e. The van der Waals surface area contributed by atoms with Crippen LogP contribution in [0.25, 0.3) is 5.69 Å². The Hall–Kier alpha value is -4.42. The Morgan fingerprint density at radius 3 is 2.53 bits per heavy atom. The lowest BCUT2D eigenvalue weighted by Crippen LogP contribution is -2.16. The Morgan fingerprint density at radius 2 is 1.84 bits per heavy atom. The fraction of sp³-hybridized carbons (Fsp3) is 0.172. The fourth-order valence-electron chi connectivity index (χ4n) is 3.79. The normalized spacial score (nSPS) is 10.8. The molecule has 1 amide bonds. The van der Waals surface area contributed by atoms with Crippen LogP contribution in [-0.2, 0) is 6.61 Å². The van der Waals surface area contributed by atoms with Gasteiger partial charge in [-0.25, -0.2) is 5.43 Å². The number of benzene rings is 2. The molecule has 4 rings (SSSR count). The number of halogens is 1. The van der Waals surface area contributed by atoms with Crippen LogP contribution in [-0.4, -0.2) is 30.4 Å². The summed E-state index contributed by atoms with van der Waals surface area (Å²) in [7, 11) is 1.52. The topological polar surface area (TPSA) is 87.2 Å². The predicted octanol–water partition coefficient (Wildman–Crippen LogP) is 5.81. The Balaban J connectivity index is 1.32. The summed E-state index contributed by atoms with van der Waals surface area (Å²) < 4.78 is 25.1. The highest BCUT2D eigenvalue weighted by Gasteiger charge is 2.13. The maximum Gasteiger partial charge on any atom is 0.307 e. The molecule has 2 aromatic carbocycles. The van der Waals surface area contributed by atoms with Crippen LogP contribution < -0.4 is 19.6 Å². The number of methoxy groups -OCH3 is 1. The molecule has 8 nitrogen and oxygen atoms in total. The molecule has 0 spiro atoms. The van der Waals surface area contributed by atoms with Gasteiger partial charge in [0.25, 0.3) is 0 Å². The van der Waals surface area contributed by atoms with Gasteiger partial charge in [-0.05, 0) is 96.0 Å². The number of hydrogen-bond acceptors (Lipinski definition) is 6. The van der Waals surface area contributed by atoms with Gasteiger partial charge in [-0.3, -0.25) is 4.79 Å². The Morgan fingerprint density at radius 1 is 1.11 bits per heavy atom. The average Bonchev–Trinajstić information content (AvgIpc) is 3.53. The summed E-state index contributed by atoms with van der Waals surface area (Å²) in [6.45, 7) is 4.42. The van der Waals surface area contributed by atoms with E-state index >= 15 is 0 Å². The van der Waals surface area contributed by atoms with Gasteiger partial charge in [-0.1, -0.05) is 5.92 Å². The third-order valence-corrected chi connectivity index (χ3v) is 6.15. The molecule has 0 unspecified atom stereocenters. The molecule has 0 bridgehead atoms. The van der Waals surface area contributed by atoms with Crippen LogP contribution in [0.15, 0.2) is 74.7 Å². The van der Waals surface area contributed by atoms with Gasteiger partial charge in [0.15, 0.2) is 17.3 Å². The molecular weight excluding hydrogens is 550 g/mol. The van der Waals surface area contributed by atoms with Crippen molar-refractivity contribution in [3.63, 3.8) is 0 Å². The highest BCUT2D eigenvalue weighted by molar-refractivity contribution is 9.10. The van der Waals surface area contributed by atoms with Crippen LogP contribution >= 0.6 is 15.9 Å². The van der Waals surface area contributed by atoms with Crippen LogP contribution in [0.1, 0.15) is 33.3 Å². The minimum Gasteiger partial charge on any atom is -0.493 e. The maximum absolute atomic E-state index is 12.5. The minimum atomic E-state index is -0.491. The van der Waals surface area contributed by atoms with Gasteiger partial charge in [0.05, 0.1) is 17.8 Å². The molecule has 0 fully saturated rings. The third-order valence-electron chi connectivity index (χ3n) is 5.56. The molecule has 0 radical (unpaired) electrons. The lowest BCUT2D eigenvalue weighted by atomic mass is 10.2. The fourth-order valence-corrected chi connectivity index (χ4v) is 4.36. The first-order valence-electron chi connectivity index (χ1n) is 11.6. The van der Waals surface area contributed by atoms with Gasteiger partial charge < -0.3 is 23.2 Å². The van der Waals surface area contributed by atoms with E-state index in [0.29, 0.717) is 33.0 Å². The predicted molar refractivity (Wildman–Crippen MR) is 148 cm³/mol. The van der Waals surface area contributed by atoms with Gasteiger partial charge in [0.1, 0.15) is 24.7 Å². The number of carbonyl (C=O) groups is 1. The van der Waals surface area contributed by atoms with E-state index in [0.717, 1.165) is 17.1 Å². The molecule has 1 N–H and O–H groups in total. The highest BCUT2D eigenvalue weighted by atomic mass is 79.9. The van der Waals surface area contributed by atoms with Crippen molar-refractivity contribution in [3.8, 4) is 35.3 Å². The van der Waals surface area contributed by atoms with Crippen molar-refractivity contribution in [1.82, 2.24) is 9.99 Å². The van der Waals surface area contributed by atoms with Crippen molar-refractivity contribution < 1.29 is 23.4 Å². The summed E-state index contributed by atoms with van der Waals surface area (Å²) in [4.78, 5) is 12.5. The van der Waals surface area contributed by atoms with Crippen molar-refractivity contribution >= 4 is 28.1 Å². The van der Waals surface area contributed by atoms with Gasteiger partial charge in [0.2, 0.25) is 0 Å². The quantitative estimate of drug-likeness (QED) is 0.146. The van der Waals surface area contributed by atoms with Crippen LogP contribution in [0.2, 0.25) is 0 Å². The molecule has 38 heavy (non-hydrogen) atoms. The van der Waals surface area contributed by atoms with Crippen LogP contribution in [0, 0.1) is 26.2 Å². The van der Waals surface area contributed by atoms with Crippen molar-refractivity contribution in [2.24, 2.45) is 5.10 Å².